The molecule has 0 bridgehead atoms. The smallest absolute Gasteiger partial charge is 0.308 e. The van der Waals surface area contributed by atoms with Gasteiger partial charge in [-0.05, 0) is 31.9 Å². The molecule has 0 unspecified atom stereocenters. The number of hydrogen-bond acceptors (Lipinski definition) is 4. The van der Waals surface area contributed by atoms with E-state index in [1.165, 1.54) is 0 Å². The van der Waals surface area contributed by atoms with Gasteiger partial charge in [0.15, 0.2) is 0 Å². The summed E-state index contributed by atoms with van der Waals surface area (Å²) < 4.78 is 10.4. The molecular weight excluding hydrogens is 318 g/mol. The van der Waals surface area contributed by atoms with Crippen molar-refractivity contribution in [1.82, 2.24) is 5.32 Å². The average molecular weight is 343 g/mol. The molecule has 1 N–H and O–H groups in total. The number of rotatable bonds is 6. The van der Waals surface area contributed by atoms with E-state index in [0.29, 0.717) is 45.5 Å². The highest BCUT2D eigenvalue weighted by Gasteiger charge is 2.36. The molecule has 1 saturated heterocycles. The number of esters is 1. The Hall–Kier alpha value is -2.32. The minimum atomic E-state index is -0.561. The zero-order valence-corrected chi connectivity index (χ0v) is 14.7. The fourth-order valence-electron chi connectivity index (χ4n) is 2.82. The molecule has 0 spiro atoms. The number of carbonyl (C=O) groups excluding carboxylic acids is 2. The van der Waals surface area contributed by atoms with Crippen molar-refractivity contribution in [2.45, 2.75) is 44.6 Å². The molecule has 5 nitrogen and oxygen atoms in total. The Bertz CT molecular complexity index is 624. The summed E-state index contributed by atoms with van der Waals surface area (Å²) in [6, 6.07) is 9.67. The van der Waals surface area contributed by atoms with Crippen LogP contribution in [0.5, 0.6) is 0 Å². The molecule has 1 aromatic rings. The van der Waals surface area contributed by atoms with Crippen molar-refractivity contribution >= 4 is 11.9 Å². The van der Waals surface area contributed by atoms with E-state index in [1.54, 1.807) is 6.92 Å². The quantitative estimate of drug-likeness (QED) is 0.636. The molecule has 1 fully saturated rings. The fourth-order valence-corrected chi connectivity index (χ4v) is 2.82. The van der Waals surface area contributed by atoms with Crippen LogP contribution >= 0.6 is 0 Å². The second kappa shape index (κ2) is 9.85. The van der Waals surface area contributed by atoms with Gasteiger partial charge in [-0.1, -0.05) is 30.0 Å². The van der Waals surface area contributed by atoms with E-state index < -0.39 is 5.54 Å². The van der Waals surface area contributed by atoms with Gasteiger partial charge in [-0.2, -0.15) is 0 Å². The molecule has 134 valence electrons. The van der Waals surface area contributed by atoms with Gasteiger partial charge in [0.1, 0.15) is 0 Å². The van der Waals surface area contributed by atoms with E-state index in [9.17, 15) is 9.59 Å². The van der Waals surface area contributed by atoms with Crippen molar-refractivity contribution in [3.8, 4) is 11.8 Å². The molecule has 2 rings (SSSR count). The third-order valence-electron chi connectivity index (χ3n) is 4.13. The summed E-state index contributed by atoms with van der Waals surface area (Å²) in [4.78, 5) is 24.2. The Morgan fingerprint density at radius 2 is 1.96 bits per heavy atom. The van der Waals surface area contributed by atoms with Crippen molar-refractivity contribution in [1.29, 1.82) is 0 Å². The zero-order valence-electron chi connectivity index (χ0n) is 14.7. The Morgan fingerprint density at radius 1 is 1.24 bits per heavy atom. The van der Waals surface area contributed by atoms with Crippen LogP contribution in [0.25, 0.3) is 0 Å². The third-order valence-corrected chi connectivity index (χ3v) is 4.13. The lowest BCUT2D eigenvalue weighted by Gasteiger charge is -2.37. The molecule has 0 aromatic heterocycles. The predicted molar refractivity (Wildman–Crippen MR) is 94.7 cm³/mol. The van der Waals surface area contributed by atoms with Gasteiger partial charge < -0.3 is 14.8 Å². The highest BCUT2D eigenvalue weighted by Crippen LogP contribution is 2.25. The van der Waals surface area contributed by atoms with Crippen LogP contribution in [-0.4, -0.2) is 37.2 Å². The number of nitrogens with one attached hydrogen (secondary N) is 1. The highest BCUT2D eigenvalue weighted by atomic mass is 16.5. The minimum Gasteiger partial charge on any atom is -0.466 e. The van der Waals surface area contributed by atoms with Gasteiger partial charge in [0, 0.05) is 31.6 Å². The predicted octanol–water partition coefficient (Wildman–Crippen LogP) is 2.44. The topological polar surface area (TPSA) is 64.6 Å². The first-order chi connectivity index (χ1) is 12.1. The van der Waals surface area contributed by atoms with Crippen molar-refractivity contribution in [2.75, 3.05) is 19.8 Å². The molecule has 1 aromatic carbocycles. The van der Waals surface area contributed by atoms with Crippen molar-refractivity contribution < 1.29 is 19.1 Å². The van der Waals surface area contributed by atoms with Crippen LogP contribution in [0.2, 0.25) is 0 Å². The molecule has 25 heavy (non-hydrogen) atoms. The summed E-state index contributed by atoms with van der Waals surface area (Å²) in [5.74, 6) is 5.68. The largest absolute Gasteiger partial charge is 0.466 e. The number of carbonyl (C=O) groups is 2. The Morgan fingerprint density at radius 3 is 2.64 bits per heavy atom. The maximum absolute atomic E-state index is 12.3. The summed E-state index contributed by atoms with van der Waals surface area (Å²) in [5.41, 5.74) is 0.375. The zero-order chi connectivity index (χ0) is 18.0. The Balaban J connectivity index is 1.86. The first kappa shape index (κ1) is 19.0. The summed E-state index contributed by atoms with van der Waals surface area (Å²) >= 11 is 0. The summed E-state index contributed by atoms with van der Waals surface area (Å²) in [7, 11) is 0. The molecule has 0 saturated carbocycles. The lowest BCUT2D eigenvalue weighted by Crippen LogP contribution is -2.53. The van der Waals surface area contributed by atoms with Gasteiger partial charge in [0.05, 0.1) is 18.6 Å². The van der Waals surface area contributed by atoms with E-state index in [-0.39, 0.29) is 18.3 Å². The number of benzene rings is 1. The van der Waals surface area contributed by atoms with Gasteiger partial charge >= 0.3 is 5.97 Å². The third kappa shape index (κ3) is 6.60. The molecule has 0 atom stereocenters. The van der Waals surface area contributed by atoms with Gasteiger partial charge in [0.2, 0.25) is 5.91 Å². The maximum Gasteiger partial charge on any atom is 0.308 e. The van der Waals surface area contributed by atoms with E-state index in [2.05, 4.69) is 17.2 Å². The molecule has 1 aliphatic heterocycles. The van der Waals surface area contributed by atoms with Crippen LogP contribution < -0.4 is 5.32 Å². The summed E-state index contributed by atoms with van der Waals surface area (Å²) in [5, 5.41) is 3.03. The highest BCUT2D eigenvalue weighted by molar-refractivity contribution is 5.79. The molecule has 1 heterocycles. The molecular formula is C20H25NO4. The van der Waals surface area contributed by atoms with Crippen LogP contribution in [-0.2, 0) is 19.1 Å². The molecule has 0 radical (unpaired) electrons. The SMILES string of the molecule is CCOC(=O)CC1(NC(=O)CCC#Cc2ccccc2)CCOCC1. The number of hydrogen-bond donors (Lipinski definition) is 1. The van der Waals surface area contributed by atoms with Crippen LogP contribution in [0.4, 0.5) is 0 Å². The lowest BCUT2D eigenvalue weighted by atomic mass is 9.86. The first-order valence-corrected chi connectivity index (χ1v) is 8.72. The fraction of sp³-hybridized carbons (Fsp3) is 0.500. The van der Waals surface area contributed by atoms with Crippen LogP contribution in [0.15, 0.2) is 30.3 Å². The first-order valence-electron chi connectivity index (χ1n) is 8.72. The van der Waals surface area contributed by atoms with E-state index in [1.807, 2.05) is 30.3 Å². The second-order valence-corrected chi connectivity index (χ2v) is 6.09. The molecule has 5 heteroatoms. The Kier molecular flexibility index (Phi) is 7.49. The van der Waals surface area contributed by atoms with Crippen molar-refractivity contribution in [3.63, 3.8) is 0 Å². The van der Waals surface area contributed by atoms with Crippen molar-refractivity contribution in [2.24, 2.45) is 0 Å². The van der Waals surface area contributed by atoms with Gasteiger partial charge in [-0.15, -0.1) is 0 Å². The molecule has 1 amide bonds. The monoisotopic (exact) mass is 343 g/mol. The average Bonchev–Trinajstić information content (AvgIpc) is 2.60. The van der Waals surface area contributed by atoms with E-state index >= 15 is 0 Å². The standard InChI is InChI=1S/C20H25NO4/c1-2-25-19(23)16-20(12-14-24-15-13-20)21-18(22)11-7-6-10-17-8-4-3-5-9-17/h3-5,8-9H,2,7,11-16H2,1H3,(H,21,22). The van der Waals surface area contributed by atoms with Crippen LogP contribution in [0, 0.1) is 11.8 Å². The summed E-state index contributed by atoms with van der Waals surface area (Å²) in [6.45, 7) is 3.19. The van der Waals surface area contributed by atoms with E-state index in [0.717, 1.165) is 5.56 Å². The minimum absolute atomic E-state index is 0.0893. The molecule has 0 aliphatic carbocycles. The second-order valence-electron chi connectivity index (χ2n) is 6.09. The number of amides is 1. The van der Waals surface area contributed by atoms with Gasteiger partial charge in [-0.25, -0.2) is 0 Å². The summed E-state index contributed by atoms with van der Waals surface area (Å²) in [6.07, 6.45) is 2.21. The number of ether oxygens (including phenoxy) is 2. The van der Waals surface area contributed by atoms with Crippen molar-refractivity contribution in [3.05, 3.63) is 35.9 Å². The molecule has 1 aliphatic rings. The van der Waals surface area contributed by atoms with Gasteiger partial charge in [0.25, 0.3) is 0 Å². The van der Waals surface area contributed by atoms with Crippen LogP contribution in [0.1, 0.15) is 44.6 Å². The van der Waals surface area contributed by atoms with Crippen LogP contribution in [0.3, 0.4) is 0 Å². The maximum atomic E-state index is 12.3. The lowest BCUT2D eigenvalue weighted by molar-refractivity contribution is -0.146. The van der Waals surface area contributed by atoms with Gasteiger partial charge in [-0.3, -0.25) is 9.59 Å². The normalized spacial score (nSPS) is 15.6. The Labute approximate surface area is 149 Å². The van der Waals surface area contributed by atoms with E-state index in [4.69, 9.17) is 9.47 Å².